The van der Waals surface area contributed by atoms with Crippen LogP contribution in [-0.2, 0) is 0 Å². The van der Waals surface area contributed by atoms with E-state index in [1.165, 1.54) is 19.1 Å². The lowest BCUT2D eigenvalue weighted by molar-refractivity contribution is 0.101. The van der Waals surface area contributed by atoms with E-state index in [9.17, 15) is 9.18 Å². The zero-order valence-electron chi connectivity index (χ0n) is 6.84. The quantitative estimate of drug-likeness (QED) is 0.666. The summed E-state index contributed by atoms with van der Waals surface area (Å²) >= 11 is 0. The van der Waals surface area contributed by atoms with Crippen molar-refractivity contribution in [3.8, 4) is 11.8 Å². The summed E-state index contributed by atoms with van der Waals surface area (Å²) in [6.45, 7) is 1.18. The Labute approximate surface area is 74.0 Å². The molecule has 66 valence electrons. The number of ketones is 1. The summed E-state index contributed by atoms with van der Waals surface area (Å²) < 4.78 is 13.1. The van der Waals surface area contributed by atoms with E-state index in [0.29, 0.717) is 0 Å². The van der Waals surface area contributed by atoms with Crippen LogP contribution < -0.4 is 0 Å². The molecule has 0 spiro atoms. The third-order valence-electron chi connectivity index (χ3n) is 1.62. The van der Waals surface area contributed by atoms with Gasteiger partial charge in [0.25, 0.3) is 0 Å². The van der Waals surface area contributed by atoms with Gasteiger partial charge in [-0.15, -0.1) is 0 Å². The van der Waals surface area contributed by atoms with Crippen molar-refractivity contribution in [3.05, 3.63) is 29.1 Å². The van der Waals surface area contributed by atoms with Gasteiger partial charge in [-0.3, -0.25) is 4.79 Å². The van der Waals surface area contributed by atoms with Crippen LogP contribution in [0.3, 0.4) is 0 Å². The minimum atomic E-state index is -1.04. The maximum Gasteiger partial charge on any atom is 0.176 e. The molecule has 0 atom stereocenters. The van der Waals surface area contributed by atoms with Crippen molar-refractivity contribution in [1.82, 2.24) is 0 Å². The Hall–Kier alpha value is -1.89. The van der Waals surface area contributed by atoms with Gasteiger partial charge in [0.15, 0.2) is 17.3 Å². The van der Waals surface area contributed by atoms with Crippen molar-refractivity contribution in [2.24, 2.45) is 0 Å². The second-order valence-electron chi connectivity index (χ2n) is 2.49. The number of Topliss-reactive ketones (excluding diaryl/α,β-unsaturated/α-hetero) is 1. The zero-order valence-corrected chi connectivity index (χ0v) is 6.84. The largest absolute Gasteiger partial charge is 0.504 e. The zero-order chi connectivity index (χ0) is 10.0. The van der Waals surface area contributed by atoms with Crippen LogP contribution in [0.4, 0.5) is 4.39 Å². The molecule has 4 heteroatoms. The fourth-order valence-electron chi connectivity index (χ4n) is 0.927. The summed E-state index contributed by atoms with van der Waals surface area (Å²) in [6.07, 6.45) is 0. The lowest BCUT2D eigenvalue weighted by Crippen LogP contribution is -1.98. The average Bonchev–Trinajstić information content (AvgIpc) is 2.09. The first-order valence-electron chi connectivity index (χ1n) is 3.50. The standard InChI is InChI=1S/C9H6FNO2/c1-5(12)7-3-2-6(4-11)9(13)8(7)10/h2-3,13H,1H3. The molecule has 0 heterocycles. The Kier molecular flexibility index (Phi) is 2.29. The van der Waals surface area contributed by atoms with Crippen LogP contribution in [0.5, 0.6) is 5.75 Å². The van der Waals surface area contributed by atoms with Gasteiger partial charge < -0.3 is 5.11 Å². The molecule has 1 rings (SSSR count). The number of nitriles is 1. The summed E-state index contributed by atoms with van der Waals surface area (Å²) in [5.41, 5.74) is -0.390. The van der Waals surface area contributed by atoms with E-state index in [-0.39, 0.29) is 11.1 Å². The molecule has 1 aromatic carbocycles. The Morgan fingerprint density at radius 3 is 2.69 bits per heavy atom. The van der Waals surface area contributed by atoms with Gasteiger partial charge in [-0.2, -0.15) is 5.26 Å². The second-order valence-corrected chi connectivity index (χ2v) is 2.49. The molecule has 0 aliphatic heterocycles. The van der Waals surface area contributed by atoms with Crippen LogP contribution >= 0.6 is 0 Å². The maximum atomic E-state index is 13.1. The van der Waals surface area contributed by atoms with Crippen LogP contribution in [0.15, 0.2) is 12.1 Å². The second kappa shape index (κ2) is 3.23. The first kappa shape index (κ1) is 9.20. The number of hydrogen-bond acceptors (Lipinski definition) is 3. The Bertz CT molecular complexity index is 407. The molecule has 0 amide bonds. The maximum absolute atomic E-state index is 13.1. The molecule has 0 unspecified atom stereocenters. The van der Waals surface area contributed by atoms with E-state index in [4.69, 9.17) is 10.4 Å². The molecule has 0 saturated heterocycles. The fraction of sp³-hybridized carbons (Fsp3) is 0.111. The van der Waals surface area contributed by atoms with E-state index in [0.717, 1.165) is 0 Å². The highest BCUT2D eigenvalue weighted by Crippen LogP contribution is 2.23. The summed E-state index contributed by atoms with van der Waals surface area (Å²) in [4.78, 5) is 10.8. The van der Waals surface area contributed by atoms with Crippen molar-refractivity contribution in [1.29, 1.82) is 5.26 Å². The first-order valence-corrected chi connectivity index (χ1v) is 3.50. The van der Waals surface area contributed by atoms with Gasteiger partial charge in [0.05, 0.1) is 11.1 Å². The Morgan fingerprint density at radius 1 is 1.62 bits per heavy atom. The monoisotopic (exact) mass is 179 g/mol. The van der Waals surface area contributed by atoms with Crippen molar-refractivity contribution >= 4 is 5.78 Å². The molecule has 13 heavy (non-hydrogen) atoms. The molecule has 3 nitrogen and oxygen atoms in total. The minimum absolute atomic E-state index is 0.178. The Balaban J connectivity index is 3.42. The van der Waals surface area contributed by atoms with Gasteiger partial charge in [0, 0.05) is 0 Å². The van der Waals surface area contributed by atoms with Crippen LogP contribution in [-0.4, -0.2) is 10.9 Å². The van der Waals surface area contributed by atoms with Crippen molar-refractivity contribution < 1.29 is 14.3 Å². The van der Waals surface area contributed by atoms with E-state index >= 15 is 0 Å². The number of rotatable bonds is 1. The van der Waals surface area contributed by atoms with Gasteiger partial charge in [0.1, 0.15) is 6.07 Å². The third-order valence-corrected chi connectivity index (χ3v) is 1.62. The van der Waals surface area contributed by atoms with Crippen LogP contribution in [0, 0.1) is 17.1 Å². The number of hydrogen-bond donors (Lipinski definition) is 1. The van der Waals surface area contributed by atoms with E-state index in [2.05, 4.69) is 0 Å². The smallest absolute Gasteiger partial charge is 0.176 e. The topological polar surface area (TPSA) is 61.1 Å². The predicted octanol–water partition coefficient (Wildman–Crippen LogP) is 1.61. The highest BCUT2D eigenvalue weighted by Gasteiger charge is 2.14. The molecule has 0 aliphatic carbocycles. The lowest BCUT2D eigenvalue weighted by atomic mass is 10.1. The number of nitrogens with zero attached hydrogens (tertiary/aromatic N) is 1. The van der Waals surface area contributed by atoms with Gasteiger partial charge in [-0.25, -0.2) is 4.39 Å². The summed E-state index contributed by atoms with van der Waals surface area (Å²) in [6, 6.07) is 3.98. The lowest BCUT2D eigenvalue weighted by Gasteiger charge is -2.01. The number of aromatic hydroxyl groups is 1. The fourth-order valence-corrected chi connectivity index (χ4v) is 0.927. The molecule has 0 radical (unpaired) electrons. The number of halogens is 1. The molecule has 0 fully saturated rings. The SMILES string of the molecule is CC(=O)c1ccc(C#N)c(O)c1F. The minimum Gasteiger partial charge on any atom is -0.504 e. The number of phenolic OH excluding ortho intramolecular Hbond substituents is 1. The van der Waals surface area contributed by atoms with E-state index in [1.807, 2.05) is 0 Å². The van der Waals surface area contributed by atoms with Crippen LogP contribution in [0.2, 0.25) is 0 Å². The summed E-state index contributed by atoms with van der Waals surface area (Å²) in [7, 11) is 0. The molecule has 1 aromatic rings. The molecule has 0 aliphatic rings. The number of carbonyl (C=O) groups excluding carboxylic acids is 1. The first-order chi connectivity index (χ1) is 6.07. The molecule has 0 bridgehead atoms. The van der Waals surface area contributed by atoms with Gasteiger partial charge >= 0.3 is 0 Å². The van der Waals surface area contributed by atoms with Crippen molar-refractivity contribution in [3.63, 3.8) is 0 Å². The summed E-state index contributed by atoms with van der Waals surface area (Å²) in [5, 5.41) is 17.5. The van der Waals surface area contributed by atoms with Crippen LogP contribution in [0.25, 0.3) is 0 Å². The summed E-state index contributed by atoms with van der Waals surface area (Å²) in [5.74, 6) is -2.29. The molecular weight excluding hydrogens is 173 g/mol. The number of carbonyl (C=O) groups is 1. The van der Waals surface area contributed by atoms with Gasteiger partial charge in [-0.1, -0.05) is 0 Å². The van der Waals surface area contributed by atoms with E-state index in [1.54, 1.807) is 6.07 Å². The highest BCUT2D eigenvalue weighted by molar-refractivity contribution is 5.95. The third kappa shape index (κ3) is 1.49. The highest BCUT2D eigenvalue weighted by atomic mass is 19.1. The molecular formula is C9H6FNO2. The number of phenols is 1. The van der Waals surface area contributed by atoms with Crippen molar-refractivity contribution in [2.45, 2.75) is 6.92 Å². The number of benzene rings is 1. The van der Waals surface area contributed by atoms with Gasteiger partial charge in [-0.05, 0) is 19.1 Å². The molecule has 0 saturated carbocycles. The van der Waals surface area contributed by atoms with Gasteiger partial charge in [0.2, 0.25) is 0 Å². The predicted molar refractivity (Wildman–Crippen MR) is 42.8 cm³/mol. The normalized spacial score (nSPS) is 9.31. The molecule has 0 aromatic heterocycles. The van der Waals surface area contributed by atoms with Crippen LogP contribution in [0.1, 0.15) is 22.8 Å². The Morgan fingerprint density at radius 2 is 2.23 bits per heavy atom. The molecule has 1 N–H and O–H groups in total. The van der Waals surface area contributed by atoms with Crippen molar-refractivity contribution in [2.75, 3.05) is 0 Å². The van der Waals surface area contributed by atoms with E-state index < -0.39 is 17.3 Å². The average molecular weight is 179 g/mol.